The van der Waals surface area contributed by atoms with Gasteiger partial charge >= 0.3 is 0 Å². The van der Waals surface area contributed by atoms with Crippen molar-refractivity contribution in [3.63, 3.8) is 0 Å². The molecule has 0 aromatic heterocycles. The van der Waals surface area contributed by atoms with Gasteiger partial charge in [-0.15, -0.1) is 6.58 Å². The first kappa shape index (κ1) is 17.5. The van der Waals surface area contributed by atoms with Gasteiger partial charge in [-0.1, -0.05) is 12.1 Å². The first-order valence-electron chi connectivity index (χ1n) is 8.22. The minimum atomic E-state index is -0.591. The highest BCUT2D eigenvalue weighted by Gasteiger charge is 2.30. The quantitative estimate of drug-likeness (QED) is 0.839. The van der Waals surface area contributed by atoms with Crippen LogP contribution in [0.5, 0.6) is 11.5 Å². The summed E-state index contributed by atoms with van der Waals surface area (Å²) in [6, 6.07) is 12.1. The van der Waals surface area contributed by atoms with Gasteiger partial charge in [0.25, 0.3) is 11.8 Å². The molecular weight excluding hydrogens is 332 g/mol. The minimum Gasteiger partial charge on any atom is -0.497 e. The Balaban J connectivity index is 1.84. The SMILES string of the molecule is C=CCN1C(=O)C(C)Oc2cc(NC(=O)c3cccc(OC)c3)ccc21. The molecule has 3 rings (SSSR count). The Kier molecular flexibility index (Phi) is 4.93. The molecule has 2 amide bonds. The lowest BCUT2D eigenvalue weighted by molar-refractivity contribution is -0.125. The fraction of sp³-hybridized carbons (Fsp3) is 0.200. The van der Waals surface area contributed by atoms with Crippen molar-refractivity contribution in [2.45, 2.75) is 13.0 Å². The number of rotatable bonds is 5. The summed E-state index contributed by atoms with van der Waals surface area (Å²) >= 11 is 0. The highest BCUT2D eigenvalue weighted by atomic mass is 16.5. The average molecular weight is 352 g/mol. The number of amides is 2. The van der Waals surface area contributed by atoms with Crippen LogP contribution >= 0.6 is 0 Å². The van der Waals surface area contributed by atoms with Gasteiger partial charge in [0, 0.05) is 23.9 Å². The summed E-state index contributed by atoms with van der Waals surface area (Å²) in [6.45, 7) is 5.78. The Hall–Kier alpha value is -3.28. The van der Waals surface area contributed by atoms with Gasteiger partial charge in [-0.2, -0.15) is 0 Å². The molecular formula is C20H20N2O4. The molecule has 0 fully saturated rings. The van der Waals surface area contributed by atoms with E-state index in [9.17, 15) is 9.59 Å². The number of hydrogen-bond acceptors (Lipinski definition) is 4. The summed E-state index contributed by atoms with van der Waals surface area (Å²) in [7, 11) is 1.55. The Bertz CT molecular complexity index is 863. The number of methoxy groups -OCH3 is 1. The van der Waals surface area contributed by atoms with Crippen molar-refractivity contribution in [2.24, 2.45) is 0 Å². The van der Waals surface area contributed by atoms with Crippen LogP contribution in [0.25, 0.3) is 0 Å². The minimum absolute atomic E-state index is 0.120. The molecule has 1 aliphatic heterocycles. The number of fused-ring (bicyclic) bond motifs is 1. The molecule has 1 aliphatic rings. The van der Waals surface area contributed by atoms with Crippen molar-refractivity contribution in [2.75, 3.05) is 23.9 Å². The molecule has 6 heteroatoms. The molecule has 0 radical (unpaired) electrons. The van der Waals surface area contributed by atoms with Gasteiger partial charge in [-0.25, -0.2) is 0 Å². The first-order valence-corrected chi connectivity index (χ1v) is 8.22. The molecule has 134 valence electrons. The zero-order chi connectivity index (χ0) is 18.7. The zero-order valence-electron chi connectivity index (χ0n) is 14.7. The summed E-state index contributed by atoms with van der Waals surface area (Å²) in [5.41, 5.74) is 1.73. The number of nitrogens with one attached hydrogen (secondary N) is 1. The van der Waals surface area contributed by atoms with Gasteiger partial charge in [0.1, 0.15) is 11.5 Å². The summed E-state index contributed by atoms with van der Waals surface area (Å²) in [4.78, 5) is 26.3. The maximum absolute atomic E-state index is 12.4. The van der Waals surface area contributed by atoms with Gasteiger partial charge in [0.05, 0.1) is 12.8 Å². The number of carbonyl (C=O) groups excluding carboxylic acids is 2. The van der Waals surface area contributed by atoms with Crippen molar-refractivity contribution in [3.05, 3.63) is 60.7 Å². The van der Waals surface area contributed by atoms with Crippen LogP contribution in [0.15, 0.2) is 55.1 Å². The van der Waals surface area contributed by atoms with E-state index in [4.69, 9.17) is 9.47 Å². The molecule has 0 saturated heterocycles. The molecule has 1 N–H and O–H groups in total. The molecule has 0 bridgehead atoms. The maximum atomic E-state index is 12.4. The van der Waals surface area contributed by atoms with E-state index in [0.29, 0.717) is 35.0 Å². The number of hydrogen-bond donors (Lipinski definition) is 1. The Labute approximate surface area is 152 Å². The van der Waals surface area contributed by atoms with Gasteiger partial charge in [0.2, 0.25) is 0 Å². The monoisotopic (exact) mass is 352 g/mol. The Morgan fingerprint density at radius 1 is 1.35 bits per heavy atom. The lowest BCUT2D eigenvalue weighted by atomic mass is 10.1. The largest absolute Gasteiger partial charge is 0.497 e. The van der Waals surface area contributed by atoms with Crippen molar-refractivity contribution >= 4 is 23.2 Å². The van der Waals surface area contributed by atoms with Crippen LogP contribution in [0.4, 0.5) is 11.4 Å². The second-order valence-corrected chi connectivity index (χ2v) is 5.87. The second-order valence-electron chi connectivity index (χ2n) is 5.87. The van der Waals surface area contributed by atoms with E-state index in [1.54, 1.807) is 67.5 Å². The molecule has 2 aromatic carbocycles. The summed E-state index contributed by atoms with van der Waals surface area (Å²) < 4.78 is 10.8. The predicted octanol–water partition coefficient (Wildman–Crippen LogP) is 3.25. The number of ether oxygens (including phenoxy) is 2. The van der Waals surface area contributed by atoms with Crippen LogP contribution in [0.1, 0.15) is 17.3 Å². The molecule has 1 unspecified atom stereocenters. The van der Waals surface area contributed by atoms with Crippen molar-refractivity contribution in [1.29, 1.82) is 0 Å². The van der Waals surface area contributed by atoms with Crippen molar-refractivity contribution in [1.82, 2.24) is 0 Å². The van der Waals surface area contributed by atoms with E-state index in [2.05, 4.69) is 11.9 Å². The molecule has 0 aliphatic carbocycles. The topological polar surface area (TPSA) is 67.9 Å². The zero-order valence-corrected chi connectivity index (χ0v) is 14.7. The number of anilines is 2. The van der Waals surface area contributed by atoms with Crippen LogP contribution in [-0.4, -0.2) is 31.6 Å². The van der Waals surface area contributed by atoms with Gasteiger partial charge < -0.3 is 19.7 Å². The fourth-order valence-electron chi connectivity index (χ4n) is 2.77. The predicted molar refractivity (Wildman–Crippen MR) is 100 cm³/mol. The molecule has 0 spiro atoms. The third-order valence-corrected chi connectivity index (χ3v) is 4.07. The van der Waals surface area contributed by atoms with E-state index < -0.39 is 6.10 Å². The molecule has 6 nitrogen and oxygen atoms in total. The number of benzene rings is 2. The van der Waals surface area contributed by atoms with Gasteiger partial charge in [-0.3, -0.25) is 9.59 Å². The third kappa shape index (κ3) is 3.39. The van der Waals surface area contributed by atoms with E-state index in [1.165, 1.54) is 0 Å². The van der Waals surface area contributed by atoms with E-state index >= 15 is 0 Å². The first-order chi connectivity index (χ1) is 12.5. The van der Waals surface area contributed by atoms with Crippen LogP contribution in [0, 0.1) is 0 Å². The molecule has 2 aromatic rings. The second kappa shape index (κ2) is 7.31. The normalized spacial score (nSPS) is 15.7. The van der Waals surface area contributed by atoms with Crippen LogP contribution in [0.3, 0.4) is 0 Å². The average Bonchev–Trinajstić information content (AvgIpc) is 2.65. The Morgan fingerprint density at radius 2 is 2.15 bits per heavy atom. The highest BCUT2D eigenvalue weighted by Crippen LogP contribution is 2.36. The standard InChI is InChI=1S/C20H20N2O4/c1-4-10-22-17-9-8-15(12-18(17)26-13(2)20(22)24)21-19(23)14-6-5-7-16(11-14)25-3/h4-9,11-13H,1,10H2,2-3H3,(H,21,23). The van der Waals surface area contributed by atoms with Gasteiger partial charge in [-0.05, 0) is 37.3 Å². The number of nitrogens with zero attached hydrogens (tertiary/aromatic N) is 1. The molecule has 0 saturated carbocycles. The number of carbonyl (C=O) groups is 2. The van der Waals surface area contributed by atoms with Crippen molar-refractivity contribution in [3.8, 4) is 11.5 Å². The Morgan fingerprint density at radius 3 is 2.88 bits per heavy atom. The van der Waals surface area contributed by atoms with Crippen molar-refractivity contribution < 1.29 is 19.1 Å². The van der Waals surface area contributed by atoms with Gasteiger partial charge in [0.15, 0.2) is 6.10 Å². The fourth-order valence-corrected chi connectivity index (χ4v) is 2.77. The highest BCUT2D eigenvalue weighted by molar-refractivity contribution is 6.05. The summed E-state index contributed by atoms with van der Waals surface area (Å²) in [5, 5.41) is 2.83. The van der Waals surface area contributed by atoms with E-state index in [1.807, 2.05) is 0 Å². The van der Waals surface area contributed by atoms with Crippen LogP contribution < -0.4 is 19.7 Å². The lowest BCUT2D eigenvalue weighted by Gasteiger charge is -2.32. The van der Waals surface area contributed by atoms with Crippen LogP contribution in [-0.2, 0) is 4.79 Å². The smallest absolute Gasteiger partial charge is 0.268 e. The maximum Gasteiger partial charge on any atom is 0.268 e. The van der Waals surface area contributed by atoms with Crippen LogP contribution in [0.2, 0.25) is 0 Å². The molecule has 1 atom stereocenters. The summed E-state index contributed by atoms with van der Waals surface area (Å²) in [6.07, 6.45) is 1.07. The molecule has 1 heterocycles. The summed E-state index contributed by atoms with van der Waals surface area (Å²) in [5.74, 6) is 0.776. The molecule has 26 heavy (non-hydrogen) atoms. The van der Waals surface area contributed by atoms with E-state index in [-0.39, 0.29) is 11.8 Å². The lowest BCUT2D eigenvalue weighted by Crippen LogP contribution is -2.44. The van der Waals surface area contributed by atoms with E-state index in [0.717, 1.165) is 0 Å². The third-order valence-electron chi connectivity index (χ3n) is 4.07.